The number of nitrogens with two attached hydrogens (primary N) is 1. The summed E-state index contributed by atoms with van der Waals surface area (Å²) in [4.78, 5) is 12.6. The van der Waals surface area contributed by atoms with E-state index in [4.69, 9.17) is 26.8 Å². The van der Waals surface area contributed by atoms with Crippen LogP contribution in [0.5, 0.6) is 5.75 Å². The summed E-state index contributed by atoms with van der Waals surface area (Å²) >= 11 is 5.90. The minimum Gasteiger partial charge on any atom is -0.489 e. The van der Waals surface area contributed by atoms with E-state index in [-0.39, 0.29) is 17.2 Å². The summed E-state index contributed by atoms with van der Waals surface area (Å²) in [5.74, 6) is 0.872. The number of nitrogens with zero attached hydrogens (tertiary/aromatic N) is 1. The third-order valence-corrected chi connectivity index (χ3v) is 5.39. The Balaban J connectivity index is 1.58. The number of nitriles is 1. The monoisotopic (exact) mass is 406 g/mol. The van der Waals surface area contributed by atoms with Gasteiger partial charge < -0.3 is 15.2 Å². The predicted octanol–water partition coefficient (Wildman–Crippen LogP) is 4.73. The van der Waals surface area contributed by atoms with Crippen molar-refractivity contribution >= 4 is 17.4 Å². The second-order valence-electron chi connectivity index (χ2n) is 7.02. The second kappa shape index (κ2) is 8.02. The largest absolute Gasteiger partial charge is 0.489 e. The summed E-state index contributed by atoms with van der Waals surface area (Å²) in [6, 6.07) is 17.0. The van der Waals surface area contributed by atoms with Gasteiger partial charge in [-0.05, 0) is 41.8 Å². The van der Waals surface area contributed by atoms with Crippen LogP contribution in [-0.2, 0) is 16.1 Å². The Hall–Kier alpha value is -3.23. The van der Waals surface area contributed by atoms with Gasteiger partial charge in [0, 0.05) is 23.4 Å². The Kier molecular flexibility index (Phi) is 5.28. The van der Waals surface area contributed by atoms with Crippen molar-refractivity contribution in [2.75, 3.05) is 0 Å². The molecule has 0 saturated heterocycles. The molecule has 0 radical (unpaired) electrons. The molecule has 2 aliphatic rings. The summed E-state index contributed by atoms with van der Waals surface area (Å²) < 4.78 is 11.4. The molecule has 1 aliphatic heterocycles. The van der Waals surface area contributed by atoms with Crippen LogP contribution in [0, 0.1) is 11.3 Å². The zero-order valence-corrected chi connectivity index (χ0v) is 16.4. The summed E-state index contributed by atoms with van der Waals surface area (Å²) in [5, 5.41) is 10.3. The van der Waals surface area contributed by atoms with E-state index in [1.165, 1.54) is 0 Å². The molecule has 1 aliphatic carbocycles. The summed E-state index contributed by atoms with van der Waals surface area (Å²) in [6.07, 6.45) is 1.84. The van der Waals surface area contributed by atoms with Crippen molar-refractivity contribution < 1.29 is 14.3 Å². The standard InChI is InChI=1S/C23H19ClN2O3/c24-16-8-4-14(5-9-16)13-28-17-10-6-15(7-11-17)21-18(12-25)23(26)29-20-3-1-2-19(27)22(20)21/h4-11,21H,1-3,13,26H2/t21-/m0/s1. The number of ketones is 1. The van der Waals surface area contributed by atoms with E-state index in [0.717, 1.165) is 17.5 Å². The number of rotatable bonds is 4. The van der Waals surface area contributed by atoms with Gasteiger partial charge >= 0.3 is 0 Å². The van der Waals surface area contributed by atoms with E-state index in [1.807, 2.05) is 48.5 Å². The van der Waals surface area contributed by atoms with Crippen LogP contribution in [0.25, 0.3) is 0 Å². The lowest BCUT2D eigenvalue weighted by molar-refractivity contribution is -0.116. The number of carbonyl (C=O) groups is 1. The number of benzene rings is 2. The molecular weight excluding hydrogens is 388 g/mol. The minimum atomic E-state index is -0.498. The third-order valence-electron chi connectivity index (χ3n) is 5.14. The predicted molar refractivity (Wildman–Crippen MR) is 109 cm³/mol. The fourth-order valence-corrected chi connectivity index (χ4v) is 3.82. The van der Waals surface area contributed by atoms with Crippen LogP contribution in [-0.4, -0.2) is 5.78 Å². The van der Waals surface area contributed by atoms with Crippen LogP contribution in [0.15, 0.2) is 71.3 Å². The van der Waals surface area contributed by atoms with Gasteiger partial charge in [0.25, 0.3) is 0 Å². The van der Waals surface area contributed by atoms with E-state index in [0.29, 0.717) is 41.6 Å². The zero-order valence-electron chi connectivity index (χ0n) is 15.7. The first-order chi connectivity index (χ1) is 14.1. The average Bonchev–Trinajstić information content (AvgIpc) is 2.73. The number of hydrogen-bond acceptors (Lipinski definition) is 5. The normalized spacial score (nSPS) is 18.8. The van der Waals surface area contributed by atoms with Gasteiger partial charge in [0.1, 0.15) is 29.8 Å². The van der Waals surface area contributed by atoms with Crippen molar-refractivity contribution in [3.8, 4) is 11.8 Å². The zero-order chi connectivity index (χ0) is 20.4. The fraction of sp³-hybridized carbons (Fsp3) is 0.217. The number of ether oxygens (including phenoxy) is 2. The molecule has 0 fully saturated rings. The van der Waals surface area contributed by atoms with E-state index < -0.39 is 5.92 Å². The Labute approximate surface area is 174 Å². The Morgan fingerprint density at radius 3 is 2.55 bits per heavy atom. The number of carbonyl (C=O) groups excluding carboxylic acids is 1. The molecule has 0 spiro atoms. The number of halogens is 1. The molecule has 0 unspecified atom stereocenters. The van der Waals surface area contributed by atoms with Crippen LogP contribution < -0.4 is 10.5 Å². The highest BCUT2D eigenvalue weighted by Crippen LogP contribution is 2.43. The Bertz CT molecular complexity index is 1050. The highest BCUT2D eigenvalue weighted by molar-refractivity contribution is 6.30. The van der Waals surface area contributed by atoms with E-state index >= 15 is 0 Å². The summed E-state index contributed by atoms with van der Waals surface area (Å²) in [5.41, 5.74) is 8.62. The van der Waals surface area contributed by atoms with E-state index in [9.17, 15) is 10.1 Å². The highest BCUT2D eigenvalue weighted by atomic mass is 35.5. The lowest BCUT2D eigenvalue weighted by Gasteiger charge is -2.31. The van der Waals surface area contributed by atoms with E-state index in [2.05, 4.69) is 6.07 Å². The minimum absolute atomic E-state index is 0.0135. The van der Waals surface area contributed by atoms with Gasteiger partial charge in [-0.2, -0.15) is 5.26 Å². The summed E-state index contributed by atoms with van der Waals surface area (Å²) in [6.45, 7) is 0.415. The molecule has 4 rings (SSSR count). The molecule has 2 aromatic carbocycles. The molecule has 29 heavy (non-hydrogen) atoms. The van der Waals surface area contributed by atoms with Gasteiger partial charge in [0.2, 0.25) is 5.88 Å². The van der Waals surface area contributed by atoms with Crippen LogP contribution in [0.3, 0.4) is 0 Å². The number of hydrogen-bond donors (Lipinski definition) is 1. The van der Waals surface area contributed by atoms with Gasteiger partial charge in [-0.15, -0.1) is 0 Å². The maximum atomic E-state index is 12.6. The van der Waals surface area contributed by atoms with E-state index in [1.54, 1.807) is 0 Å². The molecule has 0 aromatic heterocycles. The first kappa shape index (κ1) is 19.1. The molecule has 0 saturated carbocycles. The molecule has 5 nitrogen and oxygen atoms in total. The van der Waals surface area contributed by atoms with Crippen molar-refractivity contribution in [3.63, 3.8) is 0 Å². The van der Waals surface area contributed by atoms with Crippen molar-refractivity contribution in [2.45, 2.75) is 31.8 Å². The number of Topliss-reactive ketones (excluding diaryl/α,β-unsaturated/α-hetero) is 1. The van der Waals surface area contributed by atoms with Gasteiger partial charge in [0.15, 0.2) is 5.78 Å². The molecule has 2 N–H and O–H groups in total. The second-order valence-corrected chi connectivity index (χ2v) is 7.46. The SMILES string of the molecule is N#CC1=C(N)OC2=C(C(=O)CCC2)[C@H]1c1ccc(OCc2ccc(Cl)cc2)cc1. The lowest BCUT2D eigenvalue weighted by atomic mass is 9.77. The first-order valence-corrected chi connectivity index (χ1v) is 9.75. The molecule has 1 atom stereocenters. The maximum absolute atomic E-state index is 12.6. The first-order valence-electron chi connectivity index (χ1n) is 9.38. The molecule has 146 valence electrons. The van der Waals surface area contributed by atoms with Crippen molar-refractivity contribution in [3.05, 3.63) is 87.5 Å². The van der Waals surface area contributed by atoms with Gasteiger partial charge in [-0.3, -0.25) is 4.79 Å². The summed E-state index contributed by atoms with van der Waals surface area (Å²) in [7, 11) is 0. The molecule has 2 aromatic rings. The number of allylic oxidation sites excluding steroid dienone is 3. The molecule has 0 bridgehead atoms. The smallest absolute Gasteiger partial charge is 0.205 e. The van der Waals surface area contributed by atoms with Crippen LogP contribution >= 0.6 is 11.6 Å². The Morgan fingerprint density at radius 1 is 1.14 bits per heavy atom. The topological polar surface area (TPSA) is 85.3 Å². The quantitative estimate of drug-likeness (QED) is 0.792. The fourth-order valence-electron chi connectivity index (χ4n) is 3.69. The molecule has 0 amide bonds. The van der Waals surface area contributed by atoms with Gasteiger partial charge in [0.05, 0.1) is 5.92 Å². The van der Waals surface area contributed by atoms with Crippen molar-refractivity contribution in [2.24, 2.45) is 5.73 Å². The average molecular weight is 407 g/mol. The lowest BCUT2D eigenvalue weighted by Crippen LogP contribution is -2.27. The van der Waals surface area contributed by atoms with Crippen molar-refractivity contribution in [1.82, 2.24) is 0 Å². The van der Waals surface area contributed by atoms with Gasteiger partial charge in [-0.25, -0.2) is 0 Å². The van der Waals surface area contributed by atoms with Crippen LogP contribution in [0.1, 0.15) is 36.3 Å². The molecule has 1 heterocycles. The molecule has 6 heteroatoms. The van der Waals surface area contributed by atoms with Crippen LogP contribution in [0.2, 0.25) is 5.02 Å². The maximum Gasteiger partial charge on any atom is 0.205 e. The Morgan fingerprint density at radius 2 is 1.86 bits per heavy atom. The highest BCUT2D eigenvalue weighted by Gasteiger charge is 2.37. The van der Waals surface area contributed by atoms with Gasteiger partial charge in [-0.1, -0.05) is 35.9 Å². The van der Waals surface area contributed by atoms with Crippen LogP contribution in [0.4, 0.5) is 0 Å². The van der Waals surface area contributed by atoms with Crippen molar-refractivity contribution in [1.29, 1.82) is 5.26 Å². The third kappa shape index (κ3) is 3.85. The molecular formula is C23H19ClN2O3.